The Morgan fingerprint density at radius 1 is 1.06 bits per heavy atom. The van der Waals surface area contributed by atoms with Crippen molar-refractivity contribution in [3.8, 4) is 11.5 Å². The van der Waals surface area contributed by atoms with Crippen LogP contribution >= 0.6 is 23.1 Å². The van der Waals surface area contributed by atoms with E-state index in [0.29, 0.717) is 49.5 Å². The van der Waals surface area contributed by atoms with Crippen LogP contribution in [0.2, 0.25) is 5.02 Å². The first-order valence-corrected chi connectivity index (χ1v) is 19.6. The molecule has 2 aromatic carbocycles. The lowest BCUT2D eigenvalue weighted by molar-refractivity contribution is -0.0184. The van der Waals surface area contributed by atoms with Gasteiger partial charge in [0.05, 0.1) is 37.5 Å². The number of likely N-dealkylation sites (tertiary alicyclic amines) is 1. The third-order valence-corrected chi connectivity index (χ3v) is 10.9. The van der Waals surface area contributed by atoms with Crippen LogP contribution in [-0.4, -0.2) is 97.4 Å². The predicted octanol–water partition coefficient (Wildman–Crippen LogP) is 7.18. The summed E-state index contributed by atoms with van der Waals surface area (Å²) >= 11 is 7.36. The van der Waals surface area contributed by atoms with Crippen LogP contribution in [0, 0.1) is 5.82 Å². The first-order valence-electron chi connectivity index (χ1n) is 17.0. The number of carbonyl (C=O) groups excluding carboxylic acids is 2. The minimum absolute atomic E-state index is 0.00758. The molecule has 2 heterocycles. The van der Waals surface area contributed by atoms with Crippen molar-refractivity contribution in [2.45, 2.75) is 89.5 Å². The van der Waals surface area contributed by atoms with Gasteiger partial charge in [-0.3, -0.25) is 0 Å². The predicted molar refractivity (Wildman–Crippen MR) is 201 cm³/mol. The molecule has 0 saturated carbocycles. The average Bonchev–Trinajstić information content (AvgIpc) is 3.58. The number of hydrogen-bond acceptors (Lipinski definition) is 12. The second-order valence-corrected chi connectivity index (χ2v) is 17.3. The molecule has 292 valence electrons. The van der Waals surface area contributed by atoms with E-state index in [2.05, 4.69) is 14.7 Å². The van der Waals surface area contributed by atoms with E-state index < -0.39 is 44.1 Å². The zero-order valence-corrected chi connectivity index (χ0v) is 33.7. The monoisotopic (exact) mass is 798 g/mol. The van der Waals surface area contributed by atoms with Crippen molar-refractivity contribution >= 4 is 56.2 Å². The summed E-state index contributed by atoms with van der Waals surface area (Å²) in [5, 5.41) is 3.09. The van der Waals surface area contributed by atoms with Crippen LogP contribution in [0.1, 0.15) is 66.4 Å². The molecule has 2 amide bonds. The molecule has 1 fully saturated rings. The Kier molecular flexibility index (Phi) is 13.7. The maximum Gasteiger partial charge on any atom is 0.410 e. The molecule has 0 spiro atoms. The average molecular weight is 799 g/mol. The van der Waals surface area contributed by atoms with E-state index in [9.17, 15) is 18.0 Å². The van der Waals surface area contributed by atoms with Gasteiger partial charge in [-0.25, -0.2) is 31.7 Å². The third kappa shape index (κ3) is 11.2. The summed E-state index contributed by atoms with van der Waals surface area (Å²) in [5.41, 5.74) is -0.663. The highest BCUT2D eigenvalue weighted by atomic mass is 35.5. The summed E-state index contributed by atoms with van der Waals surface area (Å²) in [5.74, 6) is -0.135. The molecule has 0 aliphatic carbocycles. The Morgan fingerprint density at radius 2 is 1.77 bits per heavy atom. The fourth-order valence-corrected chi connectivity index (χ4v) is 7.83. The molecule has 4 rings (SSSR count). The lowest BCUT2D eigenvalue weighted by Crippen LogP contribution is -2.58. The van der Waals surface area contributed by atoms with Crippen LogP contribution in [-0.2, 0) is 26.0 Å². The maximum atomic E-state index is 15.7. The van der Waals surface area contributed by atoms with E-state index in [1.807, 2.05) is 0 Å². The first kappa shape index (κ1) is 41.7. The zero-order valence-electron chi connectivity index (χ0n) is 31.3. The smallest absolute Gasteiger partial charge is 0.410 e. The number of benzene rings is 2. The minimum Gasteiger partial charge on any atom is -0.497 e. The van der Waals surface area contributed by atoms with Crippen LogP contribution in [0.25, 0.3) is 0 Å². The molecule has 0 unspecified atom stereocenters. The molecule has 1 aromatic heterocycles. The third-order valence-electron chi connectivity index (χ3n) is 7.99. The second-order valence-electron chi connectivity index (χ2n) is 14.4. The summed E-state index contributed by atoms with van der Waals surface area (Å²) in [6.07, 6.45) is 2.12. The Balaban J connectivity index is 1.42. The van der Waals surface area contributed by atoms with Crippen molar-refractivity contribution < 1.29 is 41.3 Å². The molecule has 1 aliphatic heterocycles. The molecular formula is C35H48ClFN6O8S2. The van der Waals surface area contributed by atoms with Crippen molar-refractivity contribution in [2.24, 2.45) is 0 Å². The number of anilines is 2. The highest BCUT2D eigenvalue weighted by Crippen LogP contribution is 2.35. The van der Waals surface area contributed by atoms with E-state index in [4.69, 9.17) is 30.5 Å². The normalized spacial score (nSPS) is 14.6. The second kappa shape index (κ2) is 17.4. The quantitative estimate of drug-likeness (QED) is 0.156. The number of halogens is 2. The Bertz CT molecular complexity index is 1840. The summed E-state index contributed by atoms with van der Waals surface area (Å²) in [7, 11) is -1.59. The van der Waals surface area contributed by atoms with Gasteiger partial charge in [0, 0.05) is 49.3 Å². The molecule has 0 bridgehead atoms. The van der Waals surface area contributed by atoms with E-state index in [1.54, 1.807) is 69.5 Å². The summed E-state index contributed by atoms with van der Waals surface area (Å²) in [6.45, 7) is 12.0. The van der Waals surface area contributed by atoms with Gasteiger partial charge < -0.3 is 34.1 Å². The largest absolute Gasteiger partial charge is 0.497 e. The van der Waals surface area contributed by atoms with Gasteiger partial charge in [0.15, 0.2) is 0 Å². The van der Waals surface area contributed by atoms with Crippen molar-refractivity contribution in [3.63, 3.8) is 0 Å². The van der Waals surface area contributed by atoms with Crippen LogP contribution in [0.3, 0.4) is 0 Å². The standard InChI is InChI=1S/C35H48ClFN6O8S2/c1-34(2,3)50-32(44)41(21-24-13-16-42(24)33(45)51-35(4,5)6)15-10-9-14-38-28-19-27(37)30(18-26(28)36)53(46,47)43(31-39-22-40-52-31)20-23-11-12-25(48-7)17-29(23)49-8/h11-12,17-19,22,24,38H,9-10,13-16,20-21H2,1-8H3/t24-/m0/s1. The van der Waals surface area contributed by atoms with Crippen molar-refractivity contribution in [1.82, 2.24) is 19.2 Å². The highest BCUT2D eigenvalue weighted by Gasteiger charge is 2.38. The highest BCUT2D eigenvalue weighted by molar-refractivity contribution is 7.93. The molecule has 18 heteroatoms. The SMILES string of the molecule is COc1ccc(CN(c2ncns2)S(=O)(=O)c2cc(Cl)c(NCCCCN(C[C@@H]3CCN3C(=O)OC(C)(C)C)C(=O)OC(C)(C)C)cc2F)c(OC)c1. The van der Waals surface area contributed by atoms with Crippen LogP contribution in [0.4, 0.5) is 24.8 Å². The summed E-state index contributed by atoms with van der Waals surface area (Å²) < 4.78 is 70.4. The number of methoxy groups -OCH3 is 2. The zero-order chi connectivity index (χ0) is 39.1. The van der Waals surface area contributed by atoms with Crippen LogP contribution in [0.15, 0.2) is 41.6 Å². The van der Waals surface area contributed by atoms with E-state index in [0.717, 1.165) is 34.4 Å². The van der Waals surface area contributed by atoms with Gasteiger partial charge in [-0.05, 0) is 85.1 Å². The maximum absolute atomic E-state index is 15.7. The number of unbranched alkanes of at least 4 members (excludes halogenated alkanes) is 1. The molecule has 1 aliphatic rings. The molecule has 1 N–H and O–H groups in total. The van der Waals surface area contributed by atoms with Crippen molar-refractivity contribution in [3.05, 3.63) is 53.1 Å². The van der Waals surface area contributed by atoms with Crippen molar-refractivity contribution in [2.75, 3.05) is 50.0 Å². The number of hydrogen-bond donors (Lipinski definition) is 1. The number of sulfonamides is 1. The van der Waals surface area contributed by atoms with Crippen molar-refractivity contribution in [1.29, 1.82) is 0 Å². The van der Waals surface area contributed by atoms with Gasteiger partial charge >= 0.3 is 12.2 Å². The lowest BCUT2D eigenvalue weighted by atomic mass is 10.0. The molecule has 1 atom stereocenters. The summed E-state index contributed by atoms with van der Waals surface area (Å²) in [6, 6.07) is 6.82. The van der Waals surface area contributed by atoms with Gasteiger partial charge in [-0.2, -0.15) is 4.37 Å². The van der Waals surface area contributed by atoms with Gasteiger partial charge in [-0.15, -0.1) is 0 Å². The van der Waals surface area contributed by atoms with E-state index in [-0.39, 0.29) is 35.0 Å². The van der Waals surface area contributed by atoms with Crippen LogP contribution in [0.5, 0.6) is 11.5 Å². The van der Waals surface area contributed by atoms with Gasteiger partial charge in [0.2, 0.25) is 5.13 Å². The fourth-order valence-electron chi connectivity index (χ4n) is 5.33. The molecule has 3 aromatic rings. The molecule has 0 radical (unpaired) electrons. The number of carbonyl (C=O) groups is 2. The number of nitrogens with one attached hydrogen (secondary N) is 1. The van der Waals surface area contributed by atoms with E-state index in [1.165, 1.54) is 20.5 Å². The van der Waals surface area contributed by atoms with E-state index >= 15 is 4.39 Å². The topological polar surface area (TPSA) is 153 Å². The molecule has 14 nitrogen and oxygen atoms in total. The lowest BCUT2D eigenvalue weighted by Gasteiger charge is -2.43. The number of rotatable bonds is 15. The Morgan fingerprint density at radius 3 is 2.36 bits per heavy atom. The summed E-state index contributed by atoms with van der Waals surface area (Å²) in [4.78, 5) is 32.4. The van der Waals surface area contributed by atoms with Gasteiger partial charge in [0.25, 0.3) is 10.0 Å². The molecular weight excluding hydrogens is 751 g/mol. The Labute approximate surface area is 319 Å². The number of amides is 2. The number of ether oxygens (including phenoxy) is 4. The Hall–Kier alpha value is -4.09. The van der Waals surface area contributed by atoms with Gasteiger partial charge in [0.1, 0.15) is 39.7 Å². The molecule has 1 saturated heterocycles. The van der Waals surface area contributed by atoms with Crippen LogP contribution < -0.4 is 19.1 Å². The minimum atomic E-state index is -4.53. The number of nitrogens with zero attached hydrogens (tertiary/aromatic N) is 5. The number of aromatic nitrogens is 2. The fraction of sp³-hybridized carbons (Fsp3) is 0.543. The first-order chi connectivity index (χ1) is 24.8. The molecule has 53 heavy (non-hydrogen) atoms. The van der Waals surface area contributed by atoms with Gasteiger partial charge in [-0.1, -0.05) is 11.6 Å².